The van der Waals surface area contributed by atoms with Crippen LogP contribution in [0.2, 0.25) is 0 Å². The van der Waals surface area contributed by atoms with Crippen LogP contribution in [0.4, 0.5) is 5.13 Å². The Morgan fingerprint density at radius 2 is 2.40 bits per heavy atom. The molecule has 0 saturated heterocycles. The summed E-state index contributed by atoms with van der Waals surface area (Å²) >= 11 is 1.18. The minimum atomic E-state index is 0.484. The van der Waals surface area contributed by atoms with E-state index < -0.39 is 0 Å². The summed E-state index contributed by atoms with van der Waals surface area (Å²) in [6.45, 7) is 1.85. The van der Waals surface area contributed by atoms with E-state index in [1.165, 1.54) is 11.5 Å². The fourth-order valence-electron chi connectivity index (χ4n) is 0.482. The lowest BCUT2D eigenvalue weighted by Gasteiger charge is -1.86. The number of aliphatic imine (C=N–C) groups is 1. The van der Waals surface area contributed by atoms with Crippen LogP contribution in [0.1, 0.15) is 12.7 Å². The third kappa shape index (κ3) is 1.30. The SMILES string of the molecule is CN=C(C)c1nsc(N)n1. The molecule has 10 heavy (non-hydrogen) atoms. The molecule has 0 aliphatic heterocycles. The molecule has 1 aromatic heterocycles. The predicted molar refractivity (Wildman–Crippen MR) is 42.5 cm³/mol. The quantitative estimate of drug-likeness (QED) is 0.604. The molecule has 54 valence electrons. The number of nitrogens with two attached hydrogens (primary N) is 1. The van der Waals surface area contributed by atoms with E-state index in [9.17, 15) is 0 Å². The number of nitrogens with zero attached hydrogens (tertiary/aromatic N) is 3. The highest BCUT2D eigenvalue weighted by molar-refractivity contribution is 7.09. The van der Waals surface area contributed by atoms with Gasteiger partial charge in [0.25, 0.3) is 0 Å². The van der Waals surface area contributed by atoms with Crippen LogP contribution in [0, 0.1) is 0 Å². The van der Waals surface area contributed by atoms with Crippen LogP contribution in [-0.4, -0.2) is 22.1 Å². The first kappa shape index (κ1) is 7.14. The smallest absolute Gasteiger partial charge is 0.200 e. The third-order valence-electron chi connectivity index (χ3n) is 1.10. The van der Waals surface area contributed by atoms with Gasteiger partial charge in [-0.15, -0.1) is 0 Å². The predicted octanol–water partition coefficient (Wildman–Crippen LogP) is 0.559. The molecule has 0 aliphatic carbocycles. The standard InChI is InChI=1S/C5H8N4S/c1-3(7-2)4-8-5(6)10-9-4/h1-2H3,(H2,6,8,9). The van der Waals surface area contributed by atoms with Crippen molar-refractivity contribution in [3.8, 4) is 0 Å². The van der Waals surface area contributed by atoms with Gasteiger partial charge in [0.05, 0.1) is 5.71 Å². The Kier molecular flexibility index (Phi) is 1.96. The van der Waals surface area contributed by atoms with Gasteiger partial charge in [-0.05, 0) is 6.92 Å². The Bertz CT molecular complexity index is 252. The molecule has 1 heterocycles. The zero-order chi connectivity index (χ0) is 7.56. The number of hydrogen-bond donors (Lipinski definition) is 1. The minimum absolute atomic E-state index is 0.484. The second-order valence-electron chi connectivity index (χ2n) is 1.77. The highest BCUT2D eigenvalue weighted by Gasteiger charge is 2.01. The molecule has 0 bridgehead atoms. The van der Waals surface area contributed by atoms with E-state index in [1.54, 1.807) is 7.05 Å². The maximum atomic E-state index is 5.36. The lowest BCUT2D eigenvalue weighted by Crippen LogP contribution is -1.96. The molecule has 4 nitrogen and oxygen atoms in total. The van der Waals surface area contributed by atoms with Gasteiger partial charge < -0.3 is 5.73 Å². The van der Waals surface area contributed by atoms with Crippen LogP contribution in [-0.2, 0) is 0 Å². The van der Waals surface area contributed by atoms with Crippen LogP contribution < -0.4 is 5.73 Å². The highest BCUT2D eigenvalue weighted by Crippen LogP contribution is 2.05. The highest BCUT2D eigenvalue weighted by atomic mass is 32.1. The fourth-order valence-corrected chi connectivity index (χ4v) is 0.962. The molecular weight excluding hydrogens is 148 g/mol. The van der Waals surface area contributed by atoms with Crippen molar-refractivity contribution in [3.05, 3.63) is 5.82 Å². The van der Waals surface area contributed by atoms with E-state index >= 15 is 0 Å². The molecule has 0 spiro atoms. The lowest BCUT2D eigenvalue weighted by molar-refractivity contribution is 1.25. The van der Waals surface area contributed by atoms with Gasteiger partial charge in [0.15, 0.2) is 11.0 Å². The van der Waals surface area contributed by atoms with E-state index in [2.05, 4.69) is 14.3 Å². The van der Waals surface area contributed by atoms with Gasteiger partial charge >= 0.3 is 0 Å². The second kappa shape index (κ2) is 2.74. The summed E-state index contributed by atoms with van der Waals surface area (Å²) in [5.74, 6) is 0.630. The first-order valence-electron chi connectivity index (χ1n) is 2.77. The van der Waals surface area contributed by atoms with Crippen molar-refractivity contribution >= 4 is 22.4 Å². The van der Waals surface area contributed by atoms with Gasteiger partial charge in [0.2, 0.25) is 0 Å². The van der Waals surface area contributed by atoms with Crippen molar-refractivity contribution in [2.24, 2.45) is 4.99 Å². The molecule has 0 aliphatic rings. The van der Waals surface area contributed by atoms with Gasteiger partial charge in [-0.2, -0.15) is 9.36 Å². The zero-order valence-electron chi connectivity index (χ0n) is 5.83. The Morgan fingerprint density at radius 1 is 1.70 bits per heavy atom. The number of aromatic nitrogens is 2. The van der Waals surface area contributed by atoms with E-state index in [0.717, 1.165) is 5.71 Å². The summed E-state index contributed by atoms with van der Waals surface area (Å²) in [6, 6.07) is 0. The molecule has 0 saturated carbocycles. The maximum absolute atomic E-state index is 5.36. The molecule has 2 N–H and O–H groups in total. The topological polar surface area (TPSA) is 64.2 Å². The van der Waals surface area contributed by atoms with Crippen LogP contribution in [0.25, 0.3) is 0 Å². The van der Waals surface area contributed by atoms with Crippen LogP contribution in [0.3, 0.4) is 0 Å². The van der Waals surface area contributed by atoms with Crippen molar-refractivity contribution in [3.63, 3.8) is 0 Å². The van der Waals surface area contributed by atoms with Gasteiger partial charge in [0.1, 0.15) is 0 Å². The first-order chi connectivity index (χ1) is 4.74. The largest absolute Gasteiger partial charge is 0.374 e. The fraction of sp³-hybridized carbons (Fsp3) is 0.400. The summed E-state index contributed by atoms with van der Waals surface area (Å²) in [7, 11) is 1.70. The Hall–Kier alpha value is -0.970. The Morgan fingerprint density at radius 3 is 2.80 bits per heavy atom. The molecule has 0 aromatic carbocycles. The van der Waals surface area contributed by atoms with E-state index in [4.69, 9.17) is 5.73 Å². The second-order valence-corrected chi connectivity index (χ2v) is 2.55. The number of nitrogen functional groups attached to an aromatic ring is 1. The summed E-state index contributed by atoms with van der Waals surface area (Å²) in [4.78, 5) is 7.85. The maximum Gasteiger partial charge on any atom is 0.200 e. The van der Waals surface area contributed by atoms with Crippen LogP contribution in [0.15, 0.2) is 4.99 Å². The van der Waals surface area contributed by atoms with Crippen molar-refractivity contribution in [2.45, 2.75) is 6.92 Å². The monoisotopic (exact) mass is 156 g/mol. The summed E-state index contributed by atoms with van der Waals surface area (Å²) in [5, 5.41) is 0.484. The molecule has 0 fully saturated rings. The van der Waals surface area contributed by atoms with Gasteiger partial charge in [0, 0.05) is 18.6 Å². The van der Waals surface area contributed by atoms with Crippen molar-refractivity contribution in [1.29, 1.82) is 0 Å². The molecule has 1 rings (SSSR count). The van der Waals surface area contributed by atoms with E-state index in [-0.39, 0.29) is 0 Å². The van der Waals surface area contributed by atoms with Crippen molar-refractivity contribution in [2.75, 3.05) is 12.8 Å². The third-order valence-corrected chi connectivity index (χ3v) is 1.64. The van der Waals surface area contributed by atoms with Gasteiger partial charge in [-0.3, -0.25) is 4.99 Å². The minimum Gasteiger partial charge on any atom is -0.374 e. The van der Waals surface area contributed by atoms with Crippen molar-refractivity contribution < 1.29 is 0 Å². The number of rotatable bonds is 1. The number of anilines is 1. The molecule has 0 amide bonds. The Labute approximate surface area is 63.0 Å². The summed E-state index contributed by atoms with van der Waals surface area (Å²) in [6.07, 6.45) is 0. The molecule has 0 unspecified atom stereocenters. The molecule has 1 aromatic rings. The summed E-state index contributed by atoms with van der Waals surface area (Å²) < 4.78 is 3.96. The average Bonchev–Trinajstić information content (AvgIpc) is 2.34. The average molecular weight is 156 g/mol. The van der Waals surface area contributed by atoms with Crippen molar-refractivity contribution in [1.82, 2.24) is 9.36 Å². The van der Waals surface area contributed by atoms with Gasteiger partial charge in [-0.1, -0.05) is 0 Å². The lowest BCUT2D eigenvalue weighted by atomic mass is 10.4. The summed E-state index contributed by atoms with van der Waals surface area (Å²) in [5.41, 5.74) is 6.17. The van der Waals surface area contributed by atoms with E-state index in [1.807, 2.05) is 6.92 Å². The molecule has 5 heteroatoms. The first-order valence-corrected chi connectivity index (χ1v) is 3.54. The van der Waals surface area contributed by atoms with Crippen LogP contribution >= 0.6 is 11.5 Å². The number of hydrogen-bond acceptors (Lipinski definition) is 5. The normalized spacial score (nSPS) is 12.0. The molecule has 0 atom stereocenters. The zero-order valence-corrected chi connectivity index (χ0v) is 6.64. The van der Waals surface area contributed by atoms with E-state index in [0.29, 0.717) is 11.0 Å². The van der Waals surface area contributed by atoms with Crippen LogP contribution in [0.5, 0.6) is 0 Å². The molecular formula is C5H8N4S. The Balaban J connectivity index is 2.95. The molecule has 0 radical (unpaired) electrons. The van der Waals surface area contributed by atoms with Gasteiger partial charge in [-0.25, -0.2) is 0 Å².